The molecule has 2 aromatic carbocycles. The van der Waals surface area contributed by atoms with E-state index >= 15 is 0 Å². The average Bonchev–Trinajstić information content (AvgIpc) is 3.20. The molecule has 0 bridgehead atoms. The van der Waals surface area contributed by atoms with Gasteiger partial charge in [0.1, 0.15) is 10.7 Å². The zero-order valence-corrected chi connectivity index (χ0v) is 19.8. The minimum absolute atomic E-state index is 0.0294. The van der Waals surface area contributed by atoms with Gasteiger partial charge in [0.2, 0.25) is 0 Å². The van der Waals surface area contributed by atoms with Gasteiger partial charge in [-0.2, -0.15) is 0 Å². The second-order valence-electron chi connectivity index (χ2n) is 7.73. The first kappa shape index (κ1) is 23.7. The molecule has 1 aliphatic heterocycles. The summed E-state index contributed by atoms with van der Waals surface area (Å²) in [6.45, 7) is 0. The molecule has 3 aromatic rings. The summed E-state index contributed by atoms with van der Waals surface area (Å²) < 4.78 is 23.8. The van der Waals surface area contributed by atoms with Crippen LogP contribution >= 0.6 is 11.8 Å². The fourth-order valence-electron chi connectivity index (χ4n) is 3.51. The van der Waals surface area contributed by atoms with Gasteiger partial charge in [-0.05, 0) is 36.2 Å². The van der Waals surface area contributed by atoms with E-state index < -0.39 is 27.7 Å². The number of nitrogens with zero attached hydrogens (tertiary/aromatic N) is 1. The number of thioether (sulfide) groups is 1. The van der Waals surface area contributed by atoms with Crippen molar-refractivity contribution in [2.75, 3.05) is 11.5 Å². The van der Waals surface area contributed by atoms with Gasteiger partial charge in [0.25, 0.3) is 11.8 Å². The number of rotatable bonds is 7. The SMILES string of the molecule is O=C(N[C@H]1CCS(=O)(=O)C1)/C(NC(=O)c1ccccc1)=C(/Sc1ccccn1)c1ccccc1. The molecule has 1 fully saturated rings. The molecule has 0 radical (unpaired) electrons. The topological polar surface area (TPSA) is 105 Å². The van der Waals surface area contributed by atoms with Crippen LogP contribution in [0.2, 0.25) is 0 Å². The van der Waals surface area contributed by atoms with Crippen molar-refractivity contribution in [3.63, 3.8) is 0 Å². The maximum atomic E-state index is 13.5. The Morgan fingerprint density at radius 2 is 1.53 bits per heavy atom. The highest BCUT2D eigenvalue weighted by molar-refractivity contribution is 8.08. The average molecular weight is 494 g/mol. The van der Waals surface area contributed by atoms with E-state index in [4.69, 9.17) is 0 Å². The van der Waals surface area contributed by atoms with Gasteiger partial charge >= 0.3 is 0 Å². The molecule has 9 heteroatoms. The number of aromatic nitrogens is 1. The standard InChI is InChI=1S/C25H23N3O4S2/c29-24(19-11-5-2-6-12-19)28-22(25(30)27-20-14-16-34(31,32)17-20)23(18-9-3-1-4-10-18)33-21-13-7-8-15-26-21/h1-13,15,20H,14,16-17H2,(H,27,30)(H,28,29)/b23-22-/t20-/m0/s1. The lowest BCUT2D eigenvalue weighted by molar-refractivity contribution is -0.118. The van der Waals surface area contributed by atoms with Crippen LogP contribution in [-0.2, 0) is 14.6 Å². The van der Waals surface area contributed by atoms with E-state index in [9.17, 15) is 18.0 Å². The van der Waals surface area contributed by atoms with Crippen molar-refractivity contribution in [2.45, 2.75) is 17.5 Å². The van der Waals surface area contributed by atoms with Crippen molar-refractivity contribution in [3.8, 4) is 0 Å². The van der Waals surface area contributed by atoms with Crippen molar-refractivity contribution in [2.24, 2.45) is 0 Å². The molecule has 174 valence electrons. The Hall–Kier alpha value is -3.43. The number of sulfone groups is 1. The van der Waals surface area contributed by atoms with Crippen LogP contribution in [0, 0.1) is 0 Å². The lowest BCUT2D eigenvalue weighted by Gasteiger charge is -2.18. The fraction of sp³-hybridized carbons (Fsp3) is 0.160. The van der Waals surface area contributed by atoms with Crippen molar-refractivity contribution < 1.29 is 18.0 Å². The number of hydrogen-bond donors (Lipinski definition) is 2. The Balaban J connectivity index is 1.76. The Morgan fingerprint density at radius 1 is 0.882 bits per heavy atom. The normalized spacial score (nSPS) is 17.5. The van der Waals surface area contributed by atoms with E-state index in [1.54, 1.807) is 42.6 Å². The second kappa shape index (κ2) is 10.7. The summed E-state index contributed by atoms with van der Waals surface area (Å²) >= 11 is 1.25. The van der Waals surface area contributed by atoms with Crippen LogP contribution < -0.4 is 10.6 Å². The molecule has 1 aromatic heterocycles. The van der Waals surface area contributed by atoms with Crippen LogP contribution in [0.1, 0.15) is 22.3 Å². The Bertz CT molecular complexity index is 1300. The molecule has 34 heavy (non-hydrogen) atoms. The molecule has 1 saturated heterocycles. The van der Waals surface area contributed by atoms with Gasteiger partial charge in [-0.15, -0.1) is 0 Å². The number of benzene rings is 2. The third kappa shape index (κ3) is 6.12. The third-order valence-electron chi connectivity index (χ3n) is 5.18. The second-order valence-corrected chi connectivity index (χ2v) is 11.0. The molecule has 2 N–H and O–H groups in total. The smallest absolute Gasteiger partial charge is 0.269 e. The molecule has 1 aliphatic rings. The molecule has 0 unspecified atom stereocenters. The van der Waals surface area contributed by atoms with Crippen LogP contribution in [0.4, 0.5) is 0 Å². The van der Waals surface area contributed by atoms with Crippen molar-refractivity contribution in [3.05, 3.63) is 102 Å². The number of pyridine rings is 1. The van der Waals surface area contributed by atoms with Gasteiger partial charge in [-0.1, -0.05) is 66.4 Å². The van der Waals surface area contributed by atoms with E-state index in [0.717, 1.165) is 5.56 Å². The highest BCUT2D eigenvalue weighted by Crippen LogP contribution is 2.35. The Kier molecular flexibility index (Phi) is 7.44. The first-order valence-corrected chi connectivity index (χ1v) is 13.3. The summed E-state index contributed by atoms with van der Waals surface area (Å²) in [6.07, 6.45) is 1.98. The van der Waals surface area contributed by atoms with Crippen LogP contribution in [-0.4, -0.2) is 42.8 Å². The minimum atomic E-state index is -3.19. The van der Waals surface area contributed by atoms with E-state index in [1.165, 1.54) is 11.8 Å². The van der Waals surface area contributed by atoms with Gasteiger partial charge in [0.05, 0.1) is 16.4 Å². The largest absolute Gasteiger partial charge is 0.347 e. The lowest BCUT2D eigenvalue weighted by Crippen LogP contribution is -2.41. The van der Waals surface area contributed by atoms with Gasteiger partial charge in [-0.25, -0.2) is 13.4 Å². The molecular weight excluding hydrogens is 470 g/mol. The molecule has 2 amide bonds. The number of carbonyl (C=O) groups is 2. The predicted molar refractivity (Wildman–Crippen MR) is 133 cm³/mol. The molecule has 4 rings (SSSR count). The molecule has 1 atom stereocenters. The maximum absolute atomic E-state index is 13.5. The van der Waals surface area contributed by atoms with E-state index in [-0.39, 0.29) is 17.2 Å². The Morgan fingerprint density at radius 3 is 2.12 bits per heavy atom. The zero-order chi connectivity index (χ0) is 24.0. The summed E-state index contributed by atoms with van der Waals surface area (Å²) in [5.41, 5.74) is 1.15. The minimum Gasteiger partial charge on any atom is -0.347 e. The van der Waals surface area contributed by atoms with Crippen LogP contribution in [0.3, 0.4) is 0 Å². The van der Waals surface area contributed by atoms with Gasteiger partial charge in [0, 0.05) is 17.8 Å². The lowest BCUT2D eigenvalue weighted by atomic mass is 10.1. The number of carbonyl (C=O) groups excluding carboxylic acids is 2. The van der Waals surface area contributed by atoms with Crippen molar-refractivity contribution in [1.29, 1.82) is 0 Å². The molecular formula is C25H23N3O4S2. The van der Waals surface area contributed by atoms with Gasteiger partial charge in [-0.3, -0.25) is 9.59 Å². The molecule has 0 saturated carbocycles. The van der Waals surface area contributed by atoms with Gasteiger partial charge in [0.15, 0.2) is 9.84 Å². The summed E-state index contributed by atoms with van der Waals surface area (Å²) in [5.74, 6) is -1.08. The maximum Gasteiger partial charge on any atom is 0.269 e. The first-order chi connectivity index (χ1) is 16.4. The number of nitrogens with one attached hydrogen (secondary N) is 2. The fourth-order valence-corrected chi connectivity index (χ4v) is 6.16. The summed E-state index contributed by atoms with van der Waals surface area (Å²) in [5, 5.41) is 6.22. The van der Waals surface area contributed by atoms with E-state index in [0.29, 0.717) is 21.9 Å². The van der Waals surface area contributed by atoms with Crippen LogP contribution in [0.15, 0.2) is 95.8 Å². The number of amides is 2. The quantitative estimate of drug-likeness (QED) is 0.387. The van der Waals surface area contributed by atoms with Crippen LogP contribution in [0.5, 0.6) is 0 Å². The van der Waals surface area contributed by atoms with Crippen molar-refractivity contribution in [1.82, 2.24) is 15.6 Å². The van der Waals surface area contributed by atoms with Crippen LogP contribution in [0.25, 0.3) is 4.91 Å². The molecule has 0 spiro atoms. The summed E-state index contributed by atoms with van der Waals surface area (Å²) in [7, 11) is -3.19. The highest BCUT2D eigenvalue weighted by atomic mass is 32.2. The monoisotopic (exact) mass is 493 g/mol. The van der Waals surface area contributed by atoms with Gasteiger partial charge < -0.3 is 10.6 Å². The zero-order valence-electron chi connectivity index (χ0n) is 18.2. The first-order valence-electron chi connectivity index (χ1n) is 10.7. The Labute approximate surface area is 202 Å². The van der Waals surface area contributed by atoms with E-state index in [2.05, 4.69) is 15.6 Å². The highest BCUT2D eigenvalue weighted by Gasteiger charge is 2.31. The molecule has 7 nitrogen and oxygen atoms in total. The number of hydrogen-bond acceptors (Lipinski definition) is 6. The van der Waals surface area contributed by atoms with Crippen molar-refractivity contribution >= 4 is 38.3 Å². The summed E-state index contributed by atoms with van der Waals surface area (Å²) in [4.78, 5) is 31.4. The molecule has 0 aliphatic carbocycles. The molecule has 2 heterocycles. The van der Waals surface area contributed by atoms with E-state index in [1.807, 2.05) is 42.5 Å². The predicted octanol–water partition coefficient (Wildman–Crippen LogP) is 3.28. The summed E-state index contributed by atoms with van der Waals surface area (Å²) in [6, 6.07) is 22.7. The third-order valence-corrected chi connectivity index (χ3v) is 8.04.